The minimum atomic E-state index is -1.17. The van der Waals surface area contributed by atoms with E-state index in [1.54, 1.807) is 179 Å². The molecule has 0 unspecified atom stereocenters. The molecule has 0 amide bonds. The average molecular weight is 527 g/mol. The normalized spacial score (nSPS) is 29.0. The van der Waals surface area contributed by atoms with E-state index >= 15 is 0 Å². The highest BCUT2D eigenvalue weighted by atomic mass is 28.3. The van der Waals surface area contributed by atoms with E-state index in [0.717, 1.165) is 0 Å². The van der Waals surface area contributed by atoms with Gasteiger partial charge in [0.2, 0.25) is 0 Å². The van der Waals surface area contributed by atoms with Gasteiger partial charge in [0.05, 0.1) is 16.1 Å². The molecule has 0 aromatic heterocycles. The van der Waals surface area contributed by atoms with Gasteiger partial charge in [0.15, 0.2) is 0 Å². The van der Waals surface area contributed by atoms with Crippen LogP contribution in [0.25, 0.3) is 0 Å². The maximum Gasteiger partial charge on any atom is 0.0629 e. The van der Waals surface area contributed by atoms with Crippen molar-refractivity contribution in [2.75, 3.05) is 0 Å². The number of unbranched alkanes of at least 4 members (excludes halogenated alkanes) is 1. The Labute approximate surface area is 228 Å². The van der Waals surface area contributed by atoms with Gasteiger partial charge in [-0.05, 0) is 33.2 Å². The van der Waals surface area contributed by atoms with E-state index in [9.17, 15) is 0 Å². The summed E-state index contributed by atoms with van der Waals surface area (Å²) in [6.45, 7) is 0. The van der Waals surface area contributed by atoms with Crippen LogP contribution in [0.5, 0.6) is 0 Å². The summed E-state index contributed by atoms with van der Waals surface area (Å²) in [6, 6.07) is 3.61. The molecule has 2 heteroatoms. The maximum absolute atomic E-state index is 1.80. The predicted octanol–water partition coefficient (Wildman–Crippen LogP) is 12.3. The van der Waals surface area contributed by atoms with Gasteiger partial charge in [0.25, 0.3) is 0 Å². The van der Waals surface area contributed by atoms with Crippen molar-refractivity contribution in [1.82, 2.24) is 0 Å². The second kappa shape index (κ2) is 12.3. The molecule has 0 aromatic rings. The highest BCUT2D eigenvalue weighted by Crippen LogP contribution is 2.63. The van der Waals surface area contributed by atoms with Crippen molar-refractivity contribution in [2.24, 2.45) is 0 Å². The third-order valence-electron chi connectivity index (χ3n) is 14.2. The van der Waals surface area contributed by atoms with Crippen LogP contribution in [0.4, 0.5) is 0 Å². The van der Waals surface area contributed by atoms with Crippen LogP contribution in [-0.4, -0.2) is 16.1 Å². The monoisotopic (exact) mass is 526 g/mol. The van der Waals surface area contributed by atoms with E-state index < -0.39 is 16.1 Å². The zero-order valence-electron chi connectivity index (χ0n) is 24.3. The first-order chi connectivity index (χ1) is 17.8. The first kappa shape index (κ1) is 26.6. The number of rotatable bonds is 11. The first-order valence-electron chi connectivity index (χ1n) is 17.8. The molecule has 0 heterocycles. The van der Waals surface area contributed by atoms with E-state index in [1.165, 1.54) is 33.2 Å². The molecule has 0 bridgehead atoms. The molecule has 0 saturated heterocycles. The lowest BCUT2D eigenvalue weighted by Crippen LogP contribution is -2.48. The van der Waals surface area contributed by atoms with E-state index in [4.69, 9.17) is 0 Å². The van der Waals surface area contributed by atoms with Gasteiger partial charge in [0, 0.05) is 0 Å². The van der Waals surface area contributed by atoms with Crippen LogP contribution in [0.1, 0.15) is 167 Å². The largest absolute Gasteiger partial charge is 0.0629 e. The molecule has 36 heavy (non-hydrogen) atoms. The molecule has 0 radical (unpaired) electrons. The molecule has 206 valence electrons. The summed E-state index contributed by atoms with van der Waals surface area (Å²) in [7, 11) is -2.34. The van der Waals surface area contributed by atoms with Crippen molar-refractivity contribution in [3.63, 3.8) is 0 Å². The molecule has 0 aromatic carbocycles. The molecule has 6 aliphatic rings. The highest BCUT2D eigenvalue weighted by molar-refractivity contribution is 6.84. The molecule has 6 saturated carbocycles. The predicted molar refractivity (Wildman–Crippen MR) is 164 cm³/mol. The molecule has 0 N–H and O–H groups in total. The lowest BCUT2D eigenvalue weighted by molar-refractivity contribution is 0.634. The van der Waals surface area contributed by atoms with Gasteiger partial charge in [-0.1, -0.05) is 179 Å². The molecular formula is C34H62Si2. The standard InChI is InChI=1S/C34H62Si2/c1-2-16-29(15-1)35(30-17-3-4-18-30,31-19-5-6-20-31)27-13-14-28-36(32-21-7-8-22-32,33-23-9-10-24-33)34-25-11-12-26-34/h29-34H,1-28H2. The van der Waals surface area contributed by atoms with Crippen LogP contribution in [0, 0.1) is 0 Å². The van der Waals surface area contributed by atoms with Gasteiger partial charge in [-0.25, -0.2) is 0 Å². The molecule has 6 aliphatic carbocycles. The quantitative estimate of drug-likeness (QED) is 0.185. The second-order valence-corrected chi connectivity index (χ2v) is 25.7. The van der Waals surface area contributed by atoms with Gasteiger partial charge < -0.3 is 0 Å². The molecular weight excluding hydrogens is 465 g/mol. The fraction of sp³-hybridized carbons (Fsp3) is 1.00. The fourth-order valence-corrected chi connectivity index (χ4v) is 29.9. The smallest absolute Gasteiger partial charge is 0.0565 e. The van der Waals surface area contributed by atoms with Crippen molar-refractivity contribution >= 4 is 16.1 Å². The Hall–Kier alpha value is 0.434. The summed E-state index contributed by atoms with van der Waals surface area (Å²) >= 11 is 0. The Kier molecular flexibility index (Phi) is 9.11. The number of hydrogen-bond donors (Lipinski definition) is 0. The highest BCUT2D eigenvalue weighted by Gasteiger charge is 2.55. The Morgan fingerprint density at radius 3 is 0.611 bits per heavy atom. The summed E-state index contributed by atoms with van der Waals surface area (Å²) in [5, 5.41) is 0. The summed E-state index contributed by atoms with van der Waals surface area (Å²) < 4.78 is 0. The topological polar surface area (TPSA) is 0 Å². The fourth-order valence-electron chi connectivity index (χ4n) is 12.9. The minimum absolute atomic E-state index is 1.17. The second-order valence-electron chi connectivity index (χ2n) is 15.3. The Balaban J connectivity index is 1.21. The Bertz CT molecular complexity index is 511. The van der Waals surface area contributed by atoms with Gasteiger partial charge in [-0.15, -0.1) is 0 Å². The molecule has 6 fully saturated rings. The molecule has 0 nitrogen and oxygen atoms in total. The first-order valence-corrected chi connectivity index (χ1v) is 22.7. The van der Waals surface area contributed by atoms with Crippen molar-refractivity contribution in [3.8, 4) is 0 Å². The van der Waals surface area contributed by atoms with Crippen LogP contribution in [0.2, 0.25) is 45.3 Å². The van der Waals surface area contributed by atoms with Crippen molar-refractivity contribution < 1.29 is 0 Å². The molecule has 0 aliphatic heterocycles. The van der Waals surface area contributed by atoms with Crippen LogP contribution in [0.15, 0.2) is 0 Å². The maximum atomic E-state index is 1.80. The van der Waals surface area contributed by atoms with Crippen molar-refractivity contribution in [2.45, 2.75) is 212 Å². The SMILES string of the molecule is C1CCC([Si](CCCC[Si](C2CCCC2)(C2CCCC2)C2CCCC2)(C2CCCC2)C2CCCC2)C1. The van der Waals surface area contributed by atoms with E-state index in [2.05, 4.69) is 0 Å². The average Bonchev–Trinajstić information content (AvgIpc) is 3.78. The van der Waals surface area contributed by atoms with Crippen LogP contribution in [-0.2, 0) is 0 Å². The molecule has 0 spiro atoms. The van der Waals surface area contributed by atoms with Crippen LogP contribution < -0.4 is 0 Å². The summed E-state index contributed by atoms with van der Waals surface area (Å²) in [5.41, 5.74) is 7.53. The van der Waals surface area contributed by atoms with Crippen LogP contribution in [0.3, 0.4) is 0 Å². The lowest BCUT2D eigenvalue weighted by Gasteiger charge is -2.49. The van der Waals surface area contributed by atoms with Crippen molar-refractivity contribution in [1.29, 1.82) is 0 Å². The van der Waals surface area contributed by atoms with Gasteiger partial charge in [-0.2, -0.15) is 0 Å². The number of hydrogen-bond acceptors (Lipinski definition) is 0. The van der Waals surface area contributed by atoms with E-state index in [0.29, 0.717) is 0 Å². The van der Waals surface area contributed by atoms with Gasteiger partial charge in [-0.3, -0.25) is 0 Å². The van der Waals surface area contributed by atoms with Crippen molar-refractivity contribution in [3.05, 3.63) is 0 Å². The summed E-state index contributed by atoms with van der Waals surface area (Å²) in [5.74, 6) is 0. The minimum Gasteiger partial charge on any atom is -0.0565 e. The Morgan fingerprint density at radius 2 is 0.444 bits per heavy atom. The van der Waals surface area contributed by atoms with Crippen LogP contribution >= 0.6 is 0 Å². The third kappa shape index (κ3) is 5.03. The van der Waals surface area contributed by atoms with Gasteiger partial charge >= 0.3 is 0 Å². The molecule has 0 atom stereocenters. The zero-order chi connectivity index (χ0) is 24.3. The lowest BCUT2D eigenvalue weighted by atomic mass is 10.3. The Morgan fingerprint density at radius 1 is 0.278 bits per heavy atom. The molecule has 6 rings (SSSR count). The zero-order valence-corrected chi connectivity index (χ0v) is 26.3. The van der Waals surface area contributed by atoms with Gasteiger partial charge in [0.1, 0.15) is 0 Å². The summed E-state index contributed by atoms with van der Waals surface area (Å²) in [6.07, 6.45) is 42.6. The van der Waals surface area contributed by atoms with E-state index in [1.807, 2.05) is 0 Å². The summed E-state index contributed by atoms with van der Waals surface area (Å²) in [4.78, 5) is 0. The third-order valence-corrected chi connectivity index (χ3v) is 29.2. The van der Waals surface area contributed by atoms with E-state index in [-0.39, 0.29) is 0 Å².